The van der Waals surface area contributed by atoms with Crippen molar-refractivity contribution in [1.82, 2.24) is 9.78 Å². The summed E-state index contributed by atoms with van der Waals surface area (Å²) in [6, 6.07) is 3.30. The van der Waals surface area contributed by atoms with Gasteiger partial charge in [-0.2, -0.15) is 5.10 Å². The second kappa shape index (κ2) is 4.59. The Balaban J connectivity index is 0.00000112. The van der Waals surface area contributed by atoms with Crippen molar-refractivity contribution in [1.29, 1.82) is 0 Å². The highest BCUT2D eigenvalue weighted by Crippen LogP contribution is 2.18. The summed E-state index contributed by atoms with van der Waals surface area (Å²) in [5.41, 5.74) is 7.02. The molecule has 2 rings (SSSR count). The van der Waals surface area contributed by atoms with Crippen LogP contribution in [0.1, 0.15) is 5.56 Å². The van der Waals surface area contributed by atoms with Crippen molar-refractivity contribution in [3.63, 3.8) is 0 Å². The zero-order valence-corrected chi connectivity index (χ0v) is 9.22. The third-order valence-corrected chi connectivity index (χ3v) is 2.26. The Morgan fingerprint density at radius 2 is 2.20 bits per heavy atom. The molecule has 2 N–H and O–H groups in total. The highest BCUT2D eigenvalue weighted by molar-refractivity contribution is 5.85. The molecule has 0 aliphatic rings. The fourth-order valence-corrected chi connectivity index (χ4v) is 1.50. The van der Waals surface area contributed by atoms with Crippen LogP contribution in [0.15, 0.2) is 18.3 Å². The Kier molecular flexibility index (Phi) is 3.66. The molecule has 1 aromatic carbocycles. The lowest BCUT2D eigenvalue weighted by atomic mass is 10.2. The number of hydrogen-bond donors (Lipinski definition) is 1. The maximum Gasteiger partial charge on any atom is 0.126 e. The molecule has 0 aliphatic carbocycles. The van der Waals surface area contributed by atoms with Crippen LogP contribution in [0, 0.1) is 12.7 Å². The molecule has 0 spiro atoms. The smallest absolute Gasteiger partial charge is 0.126 e. The Hall–Kier alpha value is -1.13. The summed E-state index contributed by atoms with van der Waals surface area (Å²) in [6.07, 6.45) is 1.66. The van der Waals surface area contributed by atoms with E-state index >= 15 is 0 Å². The van der Waals surface area contributed by atoms with Gasteiger partial charge in [0, 0.05) is 11.9 Å². The average Bonchev–Trinajstić information content (AvgIpc) is 2.51. The van der Waals surface area contributed by atoms with E-state index in [4.69, 9.17) is 5.73 Å². The molecule has 0 saturated heterocycles. The molecule has 0 unspecified atom stereocenters. The second-order valence-corrected chi connectivity index (χ2v) is 3.32. The molecule has 0 saturated carbocycles. The minimum Gasteiger partial charge on any atom is -0.329 e. The predicted molar refractivity (Wildman–Crippen MR) is 60.7 cm³/mol. The fourth-order valence-electron chi connectivity index (χ4n) is 1.50. The van der Waals surface area contributed by atoms with Crippen molar-refractivity contribution in [2.24, 2.45) is 5.73 Å². The number of halogens is 2. The molecular formula is C10H13ClFN3. The van der Waals surface area contributed by atoms with E-state index < -0.39 is 0 Å². The molecule has 0 atom stereocenters. The van der Waals surface area contributed by atoms with Crippen molar-refractivity contribution < 1.29 is 4.39 Å². The summed E-state index contributed by atoms with van der Waals surface area (Å²) < 4.78 is 15.0. The molecule has 3 nitrogen and oxygen atoms in total. The topological polar surface area (TPSA) is 43.8 Å². The van der Waals surface area contributed by atoms with E-state index in [1.807, 2.05) is 0 Å². The van der Waals surface area contributed by atoms with Gasteiger partial charge in [0.25, 0.3) is 0 Å². The molecule has 5 heteroatoms. The first-order chi connectivity index (χ1) is 6.72. The zero-order chi connectivity index (χ0) is 10.1. The lowest BCUT2D eigenvalue weighted by Gasteiger charge is -2.02. The Bertz CT molecular complexity index is 467. The molecular weight excluding hydrogens is 217 g/mol. The van der Waals surface area contributed by atoms with Crippen LogP contribution >= 0.6 is 12.4 Å². The van der Waals surface area contributed by atoms with Gasteiger partial charge >= 0.3 is 0 Å². The van der Waals surface area contributed by atoms with Crippen molar-refractivity contribution in [3.8, 4) is 0 Å². The van der Waals surface area contributed by atoms with Gasteiger partial charge in [-0.1, -0.05) is 0 Å². The number of rotatable bonds is 2. The number of hydrogen-bond acceptors (Lipinski definition) is 2. The van der Waals surface area contributed by atoms with Crippen LogP contribution < -0.4 is 5.73 Å². The minimum absolute atomic E-state index is 0. The number of nitrogens with zero attached hydrogens (tertiary/aromatic N) is 2. The van der Waals surface area contributed by atoms with Crippen LogP contribution in [-0.2, 0) is 6.54 Å². The molecule has 15 heavy (non-hydrogen) atoms. The van der Waals surface area contributed by atoms with Crippen LogP contribution in [0.3, 0.4) is 0 Å². The molecule has 1 aromatic heterocycles. The maximum absolute atomic E-state index is 13.2. The Labute approximate surface area is 93.5 Å². The first-order valence-electron chi connectivity index (χ1n) is 4.54. The zero-order valence-electron chi connectivity index (χ0n) is 8.40. The summed E-state index contributed by atoms with van der Waals surface area (Å²) in [6.45, 7) is 2.94. The van der Waals surface area contributed by atoms with Gasteiger partial charge < -0.3 is 5.73 Å². The predicted octanol–water partition coefficient (Wildman–Crippen LogP) is 1.86. The van der Waals surface area contributed by atoms with Crippen LogP contribution in [0.2, 0.25) is 0 Å². The van der Waals surface area contributed by atoms with Gasteiger partial charge in [0.15, 0.2) is 0 Å². The van der Waals surface area contributed by atoms with Crippen LogP contribution in [0.25, 0.3) is 10.9 Å². The first kappa shape index (κ1) is 11.9. The molecule has 82 valence electrons. The van der Waals surface area contributed by atoms with E-state index in [1.54, 1.807) is 23.9 Å². The summed E-state index contributed by atoms with van der Waals surface area (Å²) in [5, 5.41) is 4.96. The highest BCUT2D eigenvalue weighted by Gasteiger charge is 2.05. The van der Waals surface area contributed by atoms with Crippen molar-refractivity contribution >= 4 is 23.3 Å². The number of benzene rings is 1. The quantitative estimate of drug-likeness (QED) is 0.855. The summed E-state index contributed by atoms with van der Waals surface area (Å²) in [7, 11) is 0. The van der Waals surface area contributed by atoms with Crippen molar-refractivity contribution in [2.45, 2.75) is 13.5 Å². The summed E-state index contributed by atoms with van der Waals surface area (Å²) in [5.74, 6) is -0.190. The van der Waals surface area contributed by atoms with Gasteiger partial charge in [-0.25, -0.2) is 4.39 Å². The third-order valence-electron chi connectivity index (χ3n) is 2.26. The van der Waals surface area contributed by atoms with E-state index in [1.165, 1.54) is 6.07 Å². The average molecular weight is 230 g/mol. The molecule has 0 aliphatic heterocycles. The summed E-state index contributed by atoms with van der Waals surface area (Å²) in [4.78, 5) is 0. The standard InChI is InChI=1S/C10H12FN3.ClH/c1-7-4-10-8(5-9(7)11)6-13-14(10)3-2-12;/h4-6H,2-3,12H2,1H3;1H. The Morgan fingerprint density at radius 3 is 2.87 bits per heavy atom. The van der Waals surface area contributed by atoms with Crippen LogP contribution in [0.5, 0.6) is 0 Å². The van der Waals surface area contributed by atoms with Crippen LogP contribution in [-0.4, -0.2) is 16.3 Å². The van der Waals surface area contributed by atoms with E-state index in [2.05, 4.69) is 5.10 Å². The molecule has 0 amide bonds. The first-order valence-corrected chi connectivity index (χ1v) is 4.54. The van der Waals surface area contributed by atoms with Crippen molar-refractivity contribution in [2.75, 3.05) is 6.54 Å². The number of fused-ring (bicyclic) bond motifs is 1. The summed E-state index contributed by atoms with van der Waals surface area (Å²) >= 11 is 0. The lowest BCUT2D eigenvalue weighted by molar-refractivity contribution is 0.619. The second-order valence-electron chi connectivity index (χ2n) is 3.32. The lowest BCUT2D eigenvalue weighted by Crippen LogP contribution is -2.10. The minimum atomic E-state index is -0.190. The van der Waals surface area contributed by atoms with E-state index in [0.29, 0.717) is 18.7 Å². The van der Waals surface area contributed by atoms with E-state index in [0.717, 1.165) is 10.9 Å². The number of aryl methyl sites for hydroxylation is 1. The van der Waals surface area contributed by atoms with Gasteiger partial charge in [-0.15, -0.1) is 12.4 Å². The van der Waals surface area contributed by atoms with Crippen molar-refractivity contribution in [3.05, 3.63) is 29.7 Å². The third kappa shape index (κ3) is 2.11. The molecule has 0 radical (unpaired) electrons. The highest BCUT2D eigenvalue weighted by atomic mass is 35.5. The molecule has 0 fully saturated rings. The normalized spacial score (nSPS) is 10.3. The van der Waals surface area contributed by atoms with Gasteiger partial charge in [-0.3, -0.25) is 4.68 Å². The largest absolute Gasteiger partial charge is 0.329 e. The molecule has 2 aromatic rings. The molecule has 0 bridgehead atoms. The number of aromatic nitrogens is 2. The fraction of sp³-hybridized carbons (Fsp3) is 0.300. The molecule has 1 heterocycles. The monoisotopic (exact) mass is 229 g/mol. The van der Waals surface area contributed by atoms with Gasteiger partial charge in [0.1, 0.15) is 5.82 Å². The number of nitrogens with two attached hydrogens (primary N) is 1. The Morgan fingerprint density at radius 1 is 1.47 bits per heavy atom. The van der Waals surface area contributed by atoms with Gasteiger partial charge in [-0.05, 0) is 24.6 Å². The SMILES string of the molecule is Cc1cc2c(cnn2CCN)cc1F.Cl. The van der Waals surface area contributed by atoms with E-state index in [-0.39, 0.29) is 18.2 Å². The van der Waals surface area contributed by atoms with Gasteiger partial charge in [0.2, 0.25) is 0 Å². The van der Waals surface area contributed by atoms with Gasteiger partial charge in [0.05, 0.1) is 18.3 Å². The van der Waals surface area contributed by atoms with E-state index in [9.17, 15) is 4.39 Å². The maximum atomic E-state index is 13.2. The van der Waals surface area contributed by atoms with Crippen LogP contribution in [0.4, 0.5) is 4.39 Å².